The van der Waals surface area contributed by atoms with Crippen LogP contribution < -0.4 is 10.1 Å². The van der Waals surface area contributed by atoms with Crippen LogP contribution in [0.1, 0.15) is 30.0 Å². The summed E-state index contributed by atoms with van der Waals surface area (Å²) >= 11 is 0. The van der Waals surface area contributed by atoms with Crippen LogP contribution >= 0.6 is 0 Å². The number of nitrogens with one attached hydrogen (secondary N) is 1. The molecule has 1 N–H and O–H groups in total. The second-order valence-corrected chi connectivity index (χ2v) is 5.12. The summed E-state index contributed by atoms with van der Waals surface area (Å²) in [5.41, 5.74) is 5.03. The fourth-order valence-corrected chi connectivity index (χ4v) is 2.25. The standard InChI is InChI=1S/C18H23NO/c1-4-11-20-17-10-6-9-16(12-17)13-19-18-14(2)7-5-8-15(18)3/h5-10,12,19H,4,11,13H2,1-3H3. The van der Waals surface area contributed by atoms with Crippen LogP contribution in [0.3, 0.4) is 0 Å². The molecule has 106 valence electrons. The van der Waals surface area contributed by atoms with E-state index in [1.165, 1.54) is 22.4 Å². The Morgan fingerprint density at radius 3 is 2.40 bits per heavy atom. The van der Waals surface area contributed by atoms with E-state index in [1.54, 1.807) is 0 Å². The van der Waals surface area contributed by atoms with Crippen molar-refractivity contribution in [3.8, 4) is 5.75 Å². The minimum absolute atomic E-state index is 0.772. The minimum atomic E-state index is 0.772. The van der Waals surface area contributed by atoms with Crippen molar-refractivity contribution in [3.05, 3.63) is 59.2 Å². The van der Waals surface area contributed by atoms with Crippen LogP contribution in [0.15, 0.2) is 42.5 Å². The number of para-hydroxylation sites is 1. The molecule has 2 aromatic rings. The number of rotatable bonds is 6. The fourth-order valence-electron chi connectivity index (χ4n) is 2.25. The van der Waals surface area contributed by atoms with Gasteiger partial charge in [-0.25, -0.2) is 0 Å². The molecule has 0 saturated heterocycles. The van der Waals surface area contributed by atoms with Gasteiger partial charge in [0.1, 0.15) is 5.75 Å². The molecule has 20 heavy (non-hydrogen) atoms. The zero-order chi connectivity index (χ0) is 14.4. The Morgan fingerprint density at radius 2 is 1.70 bits per heavy atom. The molecular formula is C18H23NO. The van der Waals surface area contributed by atoms with Crippen LogP contribution in [-0.4, -0.2) is 6.61 Å². The average molecular weight is 269 g/mol. The molecule has 0 saturated carbocycles. The molecule has 0 aromatic heterocycles. The van der Waals surface area contributed by atoms with Crippen LogP contribution in [0.4, 0.5) is 5.69 Å². The SMILES string of the molecule is CCCOc1cccc(CNc2c(C)cccc2C)c1. The summed E-state index contributed by atoms with van der Waals surface area (Å²) < 4.78 is 5.67. The van der Waals surface area contributed by atoms with Gasteiger partial charge in [-0.3, -0.25) is 0 Å². The van der Waals surface area contributed by atoms with Gasteiger partial charge in [0.25, 0.3) is 0 Å². The molecule has 0 aliphatic carbocycles. The van der Waals surface area contributed by atoms with Crippen molar-refractivity contribution in [2.75, 3.05) is 11.9 Å². The smallest absolute Gasteiger partial charge is 0.119 e. The van der Waals surface area contributed by atoms with Crippen LogP contribution in [0, 0.1) is 13.8 Å². The first-order chi connectivity index (χ1) is 9.70. The Kier molecular flexibility index (Phi) is 5.05. The normalized spacial score (nSPS) is 10.3. The molecule has 0 aliphatic heterocycles. The molecular weight excluding hydrogens is 246 g/mol. The maximum atomic E-state index is 5.67. The molecule has 0 atom stereocenters. The summed E-state index contributed by atoms with van der Waals surface area (Å²) in [7, 11) is 0. The van der Waals surface area contributed by atoms with Crippen LogP contribution in [-0.2, 0) is 6.54 Å². The third-order valence-corrected chi connectivity index (χ3v) is 3.32. The van der Waals surface area contributed by atoms with E-state index < -0.39 is 0 Å². The minimum Gasteiger partial charge on any atom is -0.494 e. The lowest BCUT2D eigenvalue weighted by Crippen LogP contribution is -2.03. The number of benzene rings is 2. The molecule has 0 aliphatic rings. The van der Waals surface area contributed by atoms with Gasteiger partial charge in [0.2, 0.25) is 0 Å². The van der Waals surface area contributed by atoms with E-state index in [4.69, 9.17) is 4.74 Å². The molecule has 0 fully saturated rings. The highest BCUT2D eigenvalue weighted by molar-refractivity contribution is 5.56. The van der Waals surface area contributed by atoms with Gasteiger partial charge in [0.15, 0.2) is 0 Å². The summed E-state index contributed by atoms with van der Waals surface area (Å²) in [4.78, 5) is 0. The first-order valence-corrected chi connectivity index (χ1v) is 7.22. The molecule has 2 aromatic carbocycles. The molecule has 2 heteroatoms. The Hall–Kier alpha value is -1.96. The highest BCUT2D eigenvalue weighted by atomic mass is 16.5. The number of hydrogen-bond donors (Lipinski definition) is 1. The zero-order valence-electron chi connectivity index (χ0n) is 12.6. The Balaban J connectivity index is 2.03. The Bertz CT molecular complexity index is 543. The van der Waals surface area contributed by atoms with Crippen LogP contribution in [0.5, 0.6) is 5.75 Å². The van der Waals surface area contributed by atoms with E-state index in [2.05, 4.69) is 56.4 Å². The molecule has 0 heterocycles. The van der Waals surface area contributed by atoms with Gasteiger partial charge in [-0.2, -0.15) is 0 Å². The van der Waals surface area contributed by atoms with E-state index >= 15 is 0 Å². The fraction of sp³-hybridized carbons (Fsp3) is 0.333. The largest absolute Gasteiger partial charge is 0.494 e. The van der Waals surface area contributed by atoms with Gasteiger partial charge >= 0.3 is 0 Å². The van der Waals surface area contributed by atoms with Gasteiger partial charge in [-0.15, -0.1) is 0 Å². The molecule has 0 amide bonds. The summed E-state index contributed by atoms with van der Waals surface area (Å²) in [6.45, 7) is 7.97. The summed E-state index contributed by atoms with van der Waals surface area (Å²) in [5.74, 6) is 0.952. The number of ether oxygens (including phenoxy) is 1. The zero-order valence-corrected chi connectivity index (χ0v) is 12.6. The van der Waals surface area contributed by atoms with E-state index in [0.29, 0.717) is 0 Å². The molecule has 2 rings (SSSR count). The Labute approximate surface area is 121 Å². The lowest BCUT2D eigenvalue weighted by Gasteiger charge is -2.13. The highest BCUT2D eigenvalue weighted by Crippen LogP contribution is 2.21. The summed E-state index contributed by atoms with van der Waals surface area (Å²) in [5, 5.41) is 3.53. The second-order valence-electron chi connectivity index (χ2n) is 5.12. The van der Waals surface area contributed by atoms with Crippen molar-refractivity contribution in [1.82, 2.24) is 0 Å². The molecule has 0 spiro atoms. The average Bonchev–Trinajstić information content (AvgIpc) is 2.45. The van der Waals surface area contributed by atoms with Crippen molar-refractivity contribution in [2.24, 2.45) is 0 Å². The van der Waals surface area contributed by atoms with E-state index in [1.807, 2.05) is 12.1 Å². The predicted octanol–water partition coefficient (Wildman–Crippen LogP) is 4.70. The highest BCUT2D eigenvalue weighted by Gasteiger charge is 2.02. The maximum Gasteiger partial charge on any atom is 0.119 e. The third kappa shape index (κ3) is 3.77. The lowest BCUT2D eigenvalue weighted by molar-refractivity contribution is 0.317. The van der Waals surface area contributed by atoms with Crippen molar-refractivity contribution in [2.45, 2.75) is 33.7 Å². The second kappa shape index (κ2) is 6.99. The number of aryl methyl sites for hydroxylation is 2. The first-order valence-electron chi connectivity index (χ1n) is 7.22. The van der Waals surface area contributed by atoms with E-state index in [0.717, 1.165) is 25.3 Å². The predicted molar refractivity (Wildman–Crippen MR) is 85.5 cm³/mol. The Morgan fingerprint density at radius 1 is 1.00 bits per heavy atom. The van der Waals surface area contributed by atoms with E-state index in [9.17, 15) is 0 Å². The van der Waals surface area contributed by atoms with Gasteiger partial charge in [0.05, 0.1) is 6.61 Å². The van der Waals surface area contributed by atoms with Crippen molar-refractivity contribution >= 4 is 5.69 Å². The molecule has 0 unspecified atom stereocenters. The van der Waals surface area contributed by atoms with Crippen molar-refractivity contribution in [3.63, 3.8) is 0 Å². The van der Waals surface area contributed by atoms with Crippen LogP contribution in [0.25, 0.3) is 0 Å². The van der Waals surface area contributed by atoms with Gasteiger partial charge < -0.3 is 10.1 Å². The van der Waals surface area contributed by atoms with E-state index in [-0.39, 0.29) is 0 Å². The molecule has 0 radical (unpaired) electrons. The summed E-state index contributed by atoms with van der Waals surface area (Å²) in [6, 6.07) is 14.7. The number of hydrogen-bond acceptors (Lipinski definition) is 2. The van der Waals surface area contributed by atoms with Gasteiger partial charge in [-0.05, 0) is 49.1 Å². The maximum absolute atomic E-state index is 5.67. The first kappa shape index (κ1) is 14.4. The van der Waals surface area contributed by atoms with Gasteiger partial charge in [-0.1, -0.05) is 37.3 Å². The topological polar surface area (TPSA) is 21.3 Å². The summed E-state index contributed by atoms with van der Waals surface area (Å²) in [6.07, 6.45) is 1.03. The number of anilines is 1. The molecule has 0 bridgehead atoms. The van der Waals surface area contributed by atoms with Crippen LogP contribution in [0.2, 0.25) is 0 Å². The quantitative estimate of drug-likeness (QED) is 0.820. The lowest BCUT2D eigenvalue weighted by atomic mass is 10.1. The third-order valence-electron chi connectivity index (χ3n) is 3.32. The monoisotopic (exact) mass is 269 g/mol. The van der Waals surface area contributed by atoms with Crippen molar-refractivity contribution in [1.29, 1.82) is 0 Å². The van der Waals surface area contributed by atoms with Crippen molar-refractivity contribution < 1.29 is 4.74 Å². The molecule has 2 nitrogen and oxygen atoms in total. The van der Waals surface area contributed by atoms with Gasteiger partial charge in [0, 0.05) is 12.2 Å².